The Hall–Kier alpha value is -2.38. The molecule has 346 valence electrons. The second-order valence-corrected chi connectivity index (χ2v) is 16.7. The highest BCUT2D eigenvalue weighted by molar-refractivity contribution is 5.79. The molecule has 0 aliphatic rings. The number of carboxylic acids is 1. The highest BCUT2D eigenvalue weighted by Gasteiger charge is 2.48. The lowest BCUT2D eigenvalue weighted by molar-refractivity contribution is -0.161. The second kappa shape index (κ2) is 36.3. The number of hydrogen-bond donors (Lipinski definition) is 2. The van der Waals surface area contributed by atoms with Crippen LogP contribution in [0.5, 0.6) is 0 Å². The third-order valence-electron chi connectivity index (χ3n) is 10.2. The van der Waals surface area contributed by atoms with E-state index in [2.05, 4.69) is 6.07 Å². The van der Waals surface area contributed by atoms with E-state index in [-0.39, 0.29) is 32.5 Å². The van der Waals surface area contributed by atoms with Crippen LogP contribution < -0.4 is 0 Å². The van der Waals surface area contributed by atoms with Crippen molar-refractivity contribution < 1.29 is 62.5 Å². The van der Waals surface area contributed by atoms with Gasteiger partial charge in [-0.25, -0.2) is 0 Å². The molecule has 14 nitrogen and oxygen atoms in total. The number of ether oxygens (including phenoxy) is 8. The quantitative estimate of drug-likeness (QED) is 0.0448. The molecule has 3 unspecified atom stereocenters. The number of aliphatic hydroxyl groups is 1. The summed E-state index contributed by atoms with van der Waals surface area (Å²) in [5, 5.41) is 28.9. The summed E-state index contributed by atoms with van der Waals surface area (Å²) in [5.74, 6) is -2.57. The molecule has 0 rings (SSSR count). The van der Waals surface area contributed by atoms with Gasteiger partial charge in [-0.3, -0.25) is 14.4 Å². The van der Waals surface area contributed by atoms with Crippen LogP contribution in [-0.2, 0) is 52.3 Å². The van der Waals surface area contributed by atoms with E-state index in [0.717, 1.165) is 130 Å². The lowest BCUT2D eigenvalue weighted by Crippen LogP contribution is -2.41. The summed E-state index contributed by atoms with van der Waals surface area (Å²) in [6.45, 7) is 17.2. The smallest absolute Gasteiger partial charge is 0.311 e. The van der Waals surface area contributed by atoms with Gasteiger partial charge in [-0.2, -0.15) is 5.26 Å². The fraction of sp³-hybridized carbons (Fsp3) is 0.911. The zero-order valence-electron chi connectivity index (χ0n) is 37.8. The highest BCUT2D eigenvalue weighted by Crippen LogP contribution is 2.45. The van der Waals surface area contributed by atoms with E-state index < -0.39 is 40.1 Å². The van der Waals surface area contributed by atoms with Crippen LogP contribution in [0.1, 0.15) is 144 Å². The molecule has 0 aliphatic carbocycles. The van der Waals surface area contributed by atoms with Crippen molar-refractivity contribution in [1.29, 1.82) is 5.26 Å². The Morgan fingerprint density at radius 1 is 0.576 bits per heavy atom. The molecule has 0 radical (unpaired) electrons. The van der Waals surface area contributed by atoms with E-state index in [1.807, 2.05) is 6.92 Å². The molecule has 14 heteroatoms. The van der Waals surface area contributed by atoms with Gasteiger partial charge < -0.3 is 48.1 Å². The van der Waals surface area contributed by atoms with Crippen molar-refractivity contribution in [2.24, 2.45) is 22.2 Å². The molecule has 0 heterocycles. The van der Waals surface area contributed by atoms with E-state index in [4.69, 9.17) is 43.0 Å². The van der Waals surface area contributed by atoms with Gasteiger partial charge in [-0.1, -0.05) is 6.92 Å². The summed E-state index contributed by atoms with van der Waals surface area (Å²) in [6.07, 6.45) is 12.6. The number of aliphatic hydroxyl groups excluding tert-OH is 1. The number of aliphatic carboxylic acids is 1. The molecule has 0 fully saturated rings. The molecule has 0 aliphatic heterocycles. The zero-order valence-corrected chi connectivity index (χ0v) is 37.8. The van der Waals surface area contributed by atoms with Crippen LogP contribution in [0.3, 0.4) is 0 Å². The normalized spacial score (nSPS) is 14.3. The van der Waals surface area contributed by atoms with Crippen molar-refractivity contribution in [2.45, 2.75) is 144 Å². The molecule has 0 aromatic heterocycles. The topological polar surface area (TPSA) is 189 Å². The fourth-order valence-electron chi connectivity index (χ4n) is 6.88. The molecule has 0 amide bonds. The monoisotopic (exact) mass is 846 g/mol. The summed E-state index contributed by atoms with van der Waals surface area (Å²) in [5.41, 5.74) is -3.64. The Bertz CT molecular complexity index is 1100. The number of unbranched alkanes of at least 4 members (excludes halogenated alkanes) is 6. The number of carbonyl (C=O) groups is 3. The van der Waals surface area contributed by atoms with Gasteiger partial charge in [-0.05, 0) is 130 Å². The van der Waals surface area contributed by atoms with E-state index in [9.17, 15) is 24.8 Å². The van der Waals surface area contributed by atoms with Gasteiger partial charge in [0.15, 0.2) is 0 Å². The number of nitriles is 1. The van der Waals surface area contributed by atoms with E-state index >= 15 is 0 Å². The average Bonchev–Trinajstić information content (AvgIpc) is 3.20. The molecule has 0 bridgehead atoms. The average molecular weight is 846 g/mol. The van der Waals surface area contributed by atoms with E-state index in [0.29, 0.717) is 39.3 Å². The Morgan fingerprint density at radius 3 is 1.24 bits per heavy atom. The number of carbonyl (C=O) groups excluding carboxylic acids is 2. The lowest BCUT2D eigenvalue weighted by atomic mass is 9.64. The van der Waals surface area contributed by atoms with Gasteiger partial charge >= 0.3 is 17.9 Å². The Kier molecular flexibility index (Phi) is 34.8. The molecule has 59 heavy (non-hydrogen) atoms. The number of hydrogen-bond acceptors (Lipinski definition) is 13. The predicted octanol–water partition coefficient (Wildman–Crippen LogP) is 7.71. The Morgan fingerprint density at radius 2 is 0.932 bits per heavy atom. The first-order valence-electron chi connectivity index (χ1n) is 22.3. The van der Waals surface area contributed by atoms with Crippen LogP contribution in [0.4, 0.5) is 0 Å². The minimum Gasteiger partial charge on any atom is -0.481 e. The Labute approximate surface area is 356 Å². The minimum atomic E-state index is -1.41. The molecule has 0 saturated carbocycles. The molecule has 0 saturated heterocycles. The zero-order chi connectivity index (χ0) is 44.1. The Balaban J connectivity index is 3.78. The maximum absolute atomic E-state index is 13.0. The molecule has 0 spiro atoms. The van der Waals surface area contributed by atoms with Gasteiger partial charge in [0.2, 0.25) is 0 Å². The summed E-state index contributed by atoms with van der Waals surface area (Å²) < 4.78 is 44.4. The summed E-state index contributed by atoms with van der Waals surface area (Å²) in [6, 6.07) is 2.23. The maximum Gasteiger partial charge on any atom is 0.311 e. The summed E-state index contributed by atoms with van der Waals surface area (Å²) >= 11 is 0. The molecular formula is C45H83NO13. The van der Waals surface area contributed by atoms with Gasteiger partial charge in [-0.15, -0.1) is 0 Å². The highest BCUT2D eigenvalue weighted by atomic mass is 16.5. The van der Waals surface area contributed by atoms with E-state index in [1.54, 1.807) is 27.7 Å². The van der Waals surface area contributed by atoms with Crippen molar-refractivity contribution in [3.63, 3.8) is 0 Å². The van der Waals surface area contributed by atoms with Crippen LogP contribution in [0.15, 0.2) is 0 Å². The van der Waals surface area contributed by atoms with Crippen molar-refractivity contribution in [1.82, 2.24) is 0 Å². The van der Waals surface area contributed by atoms with Crippen LogP contribution >= 0.6 is 0 Å². The number of carboxylic acid groups (broad SMARTS) is 1. The summed E-state index contributed by atoms with van der Waals surface area (Å²) in [7, 11) is 1.29. The molecule has 0 aromatic carbocycles. The molecule has 3 atom stereocenters. The van der Waals surface area contributed by atoms with Gasteiger partial charge in [0.25, 0.3) is 0 Å². The lowest BCUT2D eigenvalue weighted by Gasteiger charge is -2.38. The van der Waals surface area contributed by atoms with Gasteiger partial charge in [0.05, 0.1) is 41.9 Å². The van der Waals surface area contributed by atoms with Crippen LogP contribution in [-0.4, -0.2) is 128 Å². The first-order valence-corrected chi connectivity index (χ1v) is 22.3. The first-order chi connectivity index (χ1) is 28.3. The molecular weight excluding hydrogens is 762 g/mol. The maximum atomic E-state index is 13.0. The van der Waals surface area contributed by atoms with Crippen LogP contribution in [0.25, 0.3) is 0 Å². The SMILES string of the molecule is CCC(CC(C)(C#N)CC(C)(CC(C)(C)C(=O)OCCCOCCCCOCCCCOCCCCOCCCCOCCCCOCCCCO)C(=O)O)C(=O)OC. The van der Waals surface area contributed by atoms with Crippen LogP contribution in [0.2, 0.25) is 0 Å². The third-order valence-corrected chi connectivity index (χ3v) is 10.2. The third kappa shape index (κ3) is 30.3. The minimum absolute atomic E-state index is 0.0323. The van der Waals surface area contributed by atoms with Gasteiger partial charge in [0.1, 0.15) is 0 Å². The molecule has 0 aromatic rings. The van der Waals surface area contributed by atoms with Crippen molar-refractivity contribution in [3.8, 4) is 6.07 Å². The molecule has 2 N–H and O–H groups in total. The number of esters is 2. The first kappa shape index (κ1) is 56.6. The number of nitrogens with zero attached hydrogens (tertiary/aromatic N) is 1. The van der Waals surface area contributed by atoms with Crippen molar-refractivity contribution >= 4 is 17.9 Å². The standard InChI is InChI=1S/C45H83NO13/c1-7-39(40(48)52-6)35-44(4,38-46)37-45(5,41(49)50)36-43(2,3)42(51)59-34-20-33-58-32-19-18-31-57-30-17-16-29-56-28-15-14-27-55-26-13-12-25-54-24-11-10-23-53-22-9-8-21-47/h39,47H,7-37H2,1-6H3,(H,49,50). The number of methoxy groups -OCH3 is 1. The van der Waals surface area contributed by atoms with Crippen molar-refractivity contribution in [3.05, 3.63) is 0 Å². The van der Waals surface area contributed by atoms with Gasteiger partial charge in [0, 0.05) is 92.3 Å². The summed E-state index contributed by atoms with van der Waals surface area (Å²) in [4.78, 5) is 37.7. The largest absolute Gasteiger partial charge is 0.481 e. The predicted molar refractivity (Wildman–Crippen MR) is 226 cm³/mol. The van der Waals surface area contributed by atoms with Crippen LogP contribution in [0, 0.1) is 33.5 Å². The fourth-order valence-corrected chi connectivity index (χ4v) is 6.88. The van der Waals surface area contributed by atoms with E-state index in [1.165, 1.54) is 7.11 Å². The second-order valence-electron chi connectivity index (χ2n) is 16.7. The number of rotatable bonds is 43. The van der Waals surface area contributed by atoms with Crippen molar-refractivity contribution in [2.75, 3.05) is 99.6 Å².